The Hall–Kier alpha value is -3.98. The summed E-state index contributed by atoms with van der Waals surface area (Å²) < 4.78 is 21.0. The minimum absolute atomic E-state index is 0.0153. The highest BCUT2D eigenvalue weighted by Crippen LogP contribution is 2.39. The van der Waals surface area contributed by atoms with Crippen molar-refractivity contribution in [1.82, 2.24) is 20.3 Å². The highest BCUT2D eigenvalue weighted by atomic mass is 19.1. The van der Waals surface area contributed by atoms with Crippen molar-refractivity contribution in [3.05, 3.63) is 59.2 Å². The molecular weight excluding hydrogens is 445 g/mol. The third-order valence-corrected chi connectivity index (χ3v) is 6.68. The summed E-state index contributed by atoms with van der Waals surface area (Å²) in [7, 11) is 0. The van der Waals surface area contributed by atoms with Crippen molar-refractivity contribution in [2.24, 2.45) is 0 Å². The number of pyridine rings is 1. The topological polar surface area (TPSA) is 110 Å². The molecule has 0 saturated carbocycles. The van der Waals surface area contributed by atoms with Gasteiger partial charge in [-0.15, -0.1) is 0 Å². The fraction of sp³-hybridized carbons (Fsp3) is 0.269. The Kier molecular flexibility index (Phi) is 5.33. The summed E-state index contributed by atoms with van der Waals surface area (Å²) in [6.07, 6.45) is 5.39. The van der Waals surface area contributed by atoms with Crippen LogP contribution in [-0.4, -0.2) is 34.6 Å². The minimum Gasteiger partial charge on any atom is -0.474 e. The van der Waals surface area contributed by atoms with Crippen molar-refractivity contribution in [2.75, 3.05) is 36.1 Å². The van der Waals surface area contributed by atoms with Gasteiger partial charge in [-0.05, 0) is 61.2 Å². The molecule has 0 fully saturated rings. The Balaban J connectivity index is 1.39. The minimum atomic E-state index is -0.512. The summed E-state index contributed by atoms with van der Waals surface area (Å²) in [5.74, 6) is 0.435. The van der Waals surface area contributed by atoms with Gasteiger partial charge in [-0.25, -0.2) is 19.3 Å². The van der Waals surface area contributed by atoms with Gasteiger partial charge in [0, 0.05) is 47.7 Å². The molecule has 2 aromatic heterocycles. The number of rotatable bonds is 3. The van der Waals surface area contributed by atoms with E-state index in [1.807, 2.05) is 13.0 Å². The quantitative estimate of drug-likeness (QED) is 0.327. The SMILES string of the molecule is Cc1c(-c2cc3nc(Nc4ccc5c(c4)CNCCC5)ncc3c(N)c2F)cnc2c1NCCO2. The van der Waals surface area contributed by atoms with E-state index in [0.29, 0.717) is 47.0 Å². The third kappa shape index (κ3) is 3.87. The van der Waals surface area contributed by atoms with Crippen LogP contribution in [0.3, 0.4) is 0 Å². The number of hydrogen-bond donors (Lipinski definition) is 4. The summed E-state index contributed by atoms with van der Waals surface area (Å²) in [6.45, 7) is 4.99. The summed E-state index contributed by atoms with van der Waals surface area (Å²) >= 11 is 0. The van der Waals surface area contributed by atoms with Gasteiger partial charge in [0.1, 0.15) is 12.3 Å². The lowest BCUT2D eigenvalue weighted by Crippen LogP contribution is -2.20. The van der Waals surface area contributed by atoms with Crippen molar-refractivity contribution >= 4 is 33.9 Å². The molecule has 0 radical (unpaired) electrons. The Morgan fingerprint density at radius 2 is 2.00 bits per heavy atom. The molecule has 0 atom stereocenters. The molecule has 8 nitrogen and oxygen atoms in total. The molecule has 0 saturated heterocycles. The van der Waals surface area contributed by atoms with Crippen LogP contribution in [0.15, 0.2) is 36.7 Å². The van der Waals surface area contributed by atoms with Crippen LogP contribution in [-0.2, 0) is 13.0 Å². The van der Waals surface area contributed by atoms with Gasteiger partial charge in [0.15, 0.2) is 5.82 Å². The molecule has 2 aliphatic heterocycles. The summed E-state index contributed by atoms with van der Waals surface area (Å²) in [5.41, 5.74) is 12.9. The predicted molar refractivity (Wildman–Crippen MR) is 136 cm³/mol. The van der Waals surface area contributed by atoms with E-state index >= 15 is 4.39 Å². The summed E-state index contributed by atoms with van der Waals surface area (Å²) in [4.78, 5) is 13.4. The predicted octanol–water partition coefficient (Wildman–Crippen LogP) is 4.31. The number of fused-ring (bicyclic) bond motifs is 3. The van der Waals surface area contributed by atoms with Gasteiger partial charge in [-0.2, -0.15) is 0 Å². The zero-order valence-electron chi connectivity index (χ0n) is 19.4. The molecule has 9 heteroatoms. The lowest BCUT2D eigenvalue weighted by Gasteiger charge is -2.22. The third-order valence-electron chi connectivity index (χ3n) is 6.68. The zero-order valence-corrected chi connectivity index (χ0v) is 19.4. The molecule has 0 unspecified atom stereocenters. The summed E-state index contributed by atoms with van der Waals surface area (Å²) in [5, 5.41) is 10.5. The fourth-order valence-electron chi connectivity index (χ4n) is 4.79. The molecule has 0 spiro atoms. The largest absolute Gasteiger partial charge is 0.474 e. The summed E-state index contributed by atoms with van der Waals surface area (Å²) in [6, 6.07) is 8.03. The van der Waals surface area contributed by atoms with Crippen LogP contribution in [0.1, 0.15) is 23.1 Å². The Bertz CT molecular complexity index is 1460. The monoisotopic (exact) mass is 471 g/mol. The molecule has 0 bridgehead atoms. The van der Waals surface area contributed by atoms with E-state index < -0.39 is 5.82 Å². The lowest BCUT2D eigenvalue weighted by molar-refractivity contribution is 0.310. The van der Waals surface area contributed by atoms with E-state index in [0.717, 1.165) is 42.9 Å². The first-order valence-corrected chi connectivity index (χ1v) is 11.8. The number of nitrogens with two attached hydrogens (primary N) is 1. The van der Waals surface area contributed by atoms with Gasteiger partial charge in [0.05, 0.1) is 11.2 Å². The van der Waals surface area contributed by atoms with E-state index in [1.54, 1.807) is 18.5 Å². The number of halogens is 1. The first kappa shape index (κ1) is 21.5. The molecule has 6 rings (SSSR count). The van der Waals surface area contributed by atoms with Gasteiger partial charge in [0.2, 0.25) is 11.8 Å². The molecule has 4 heterocycles. The van der Waals surface area contributed by atoms with Crippen LogP contribution in [0.4, 0.5) is 27.4 Å². The van der Waals surface area contributed by atoms with Gasteiger partial charge >= 0.3 is 0 Å². The van der Waals surface area contributed by atoms with Crippen molar-refractivity contribution < 1.29 is 9.13 Å². The second kappa shape index (κ2) is 8.66. The molecule has 2 aliphatic rings. The van der Waals surface area contributed by atoms with Crippen molar-refractivity contribution in [3.8, 4) is 17.0 Å². The maximum Gasteiger partial charge on any atom is 0.237 e. The average Bonchev–Trinajstić information content (AvgIpc) is 3.12. The van der Waals surface area contributed by atoms with Crippen LogP contribution in [0.2, 0.25) is 0 Å². The van der Waals surface area contributed by atoms with Gasteiger partial charge in [-0.3, -0.25) is 0 Å². The number of aryl methyl sites for hydroxylation is 1. The smallest absolute Gasteiger partial charge is 0.237 e. The second-order valence-electron chi connectivity index (χ2n) is 8.92. The number of aromatic nitrogens is 3. The first-order valence-electron chi connectivity index (χ1n) is 11.8. The maximum absolute atomic E-state index is 15.4. The van der Waals surface area contributed by atoms with E-state index in [1.165, 1.54) is 11.1 Å². The van der Waals surface area contributed by atoms with Crippen LogP contribution in [0.5, 0.6) is 5.88 Å². The molecule has 5 N–H and O–H groups in total. The van der Waals surface area contributed by atoms with Gasteiger partial charge < -0.3 is 26.4 Å². The van der Waals surface area contributed by atoms with Crippen molar-refractivity contribution in [1.29, 1.82) is 0 Å². The fourth-order valence-corrected chi connectivity index (χ4v) is 4.79. The Labute approximate surface area is 202 Å². The Morgan fingerprint density at radius 3 is 2.91 bits per heavy atom. The molecule has 35 heavy (non-hydrogen) atoms. The normalized spacial score (nSPS) is 14.9. The number of nitrogens with zero attached hydrogens (tertiary/aromatic N) is 3. The van der Waals surface area contributed by atoms with E-state index in [2.05, 4.69) is 43.0 Å². The molecule has 0 amide bonds. The van der Waals surface area contributed by atoms with Crippen LogP contribution in [0.25, 0.3) is 22.0 Å². The average molecular weight is 472 g/mol. The zero-order chi connectivity index (χ0) is 23.9. The van der Waals surface area contributed by atoms with Gasteiger partial charge in [-0.1, -0.05) is 6.07 Å². The number of hydrogen-bond acceptors (Lipinski definition) is 8. The van der Waals surface area contributed by atoms with Gasteiger partial charge in [0.25, 0.3) is 0 Å². The molecular formula is C26H26FN7O. The number of ether oxygens (including phenoxy) is 1. The Morgan fingerprint density at radius 1 is 1.09 bits per heavy atom. The number of nitrogens with one attached hydrogen (secondary N) is 3. The number of nitrogen functional groups attached to an aromatic ring is 1. The van der Waals surface area contributed by atoms with E-state index in [-0.39, 0.29) is 5.69 Å². The van der Waals surface area contributed by atoms with Crippen molar-refractivity contribution in [2.45, 2.75) is 26.3 Å². The standard InChI is InChI=1S/C26H26FN7O/c1-14-19(12-31-25-24(14)30-7-8-35-25)18-10-21-20(23(28)22(18)27)13-32-26(34-21)33-17-5-4-15-3-2-6-29-11-16(15)9-17/h4-5,9-10,12-13,29-30H,2-3,6-8,11,28H2,1H3,(H,32,33,34). The highest BCUT2D eigenvalue weighted by Gasteiger charge is 2.21. The van der Waals surface area contributed by atoms with E-state index in [9.17, 15) is 0 Å². The van der Waals surface area contributed by atoms with Crippen molar-refractivity contribution in [3.63, 3.8) is 0 Å². The van der Waals surface area contributed by atoms with E-state index in [4.69, 9.17) is 10.5 Å². The van der Waals surface area contributed by atoms with Crippen LogP contribution < -0.4 is 26.4 Å². The molecule has 4 aromatic rings. The second-order valence-corrected chi connectivity index (χ2v) is 8.92. The first-order chi connectivity index (χ1) is 17.1. The molecule has 0 aliphatic carbocycles. The molecule has 178 valence electrons. The molecule has 2 aromatic carbocycles. The number of anilines is 4. The lowest BCUT2D eigenvalue weighted by atomic mass is 9.98. The number of benzene rings is 2. The van der Waals surface area contributed by atoms with Crippen LogP contribution in [0, 0.1) is 12.7 Å². The highest BCUT2D eigenvalue weighted by molar-refractivity contribution is 5.96. The maximum atomic E-state index is 15.4. The van der Waals surface area contributed by atoms with Crippen LogP contribution >= 0.6 is 0 Å².